The first-order valence-electron chi connectivity index (χ1n) is 10.2. The van der Waals surface area contributed by atoms with E-state index >= 15 is 0 Å². The number of sulfonamides is 1. The lowest BCUT2D eigenvalue weighted by atomic mass is 10.1. The Morgan fingerprint density at radius 1 is 1.13 bits per heavy atom. The minimum absolute atomic E-state index is 0.125. The summed E-state index contributed by atoms with van der Waals surface area (Å²) in [5.41, 5.74) is 1.58. The molecule has 1 heterocycles. The Hall–Kier alpha value is -2.36. The first-order chi connectivity index (χ1) is 14.9. The van der Waals surface area contributed by atoms with Crippen LogP contribution in [0.3, 0.4) is 0 Å². The van der Waals surface area contributed by atoms with Gasteiger partial charge in [-0.2, -0.15) is 4.31 Å². The van der Waals surface area contributed by atoms with Crippen LogP contribution >= 0.6 is 11.8 Å². The van der Waals surface area contributed by atoms with Crippen LogP contribution in [0.15, 0.2) is 58.3 Å². The van der Waals surface area contributed by atoms with Gasteiger partial charge < -0.3 is 10.2 Å². The second kappa shape index (κ2) is 10.3. The van der Waals surface area contributed by atoms with Crippen molar-refractivity contribution in [2.75, 3.05) is 36.8 Å². The number of fused-ring (bicyclic) bond motifs is 1. The maximum absolute atomic E-state index is 12.9. The molecule has 0 bridgehead atoms. The number of nitrogens with one attached hydrogen (secondary N) is 1. The Morgan fingerprint density at radius 3 is 2.52 bits per heavy atom. The molecule has 0 saturated heterocycles. The lowest BCUT2D eigenvalue weighted by Gasteiger charge is -2.29. The number of amides is 2. The van der Waals surface area contributed by atoms with Gasteiger partial charge in [0.25, 0.3) is 0 Å². The molecule has 0 fully saturated rings. The zero-order valence-electron chi connectivity index (χ0n) is 17.7. The van der Waals surface area contributed by atoms with Crippen LogP contribution in [0.25, 0.3) is 0 Å². The van der Waals surface area contributed by atoms with Crippen molar-refractivity contribution in [1.82, 2.24) is 9.62 Å². The Morgan fingerprint density at radius 2 is 1.84 bits per heavy atom. The highest BCUT2D eigenvalue weighted by molar-refractivity contribution is 8.00. The monoisotopic (exact) mass is 461 g/mol. The summed E-state index contributed by atoms with van der Waals surface area (Å²) in [7, 11) is -3.66. The largest absolute Gasteiger partial charge is 0.354 e. The first kappa shape index (κ1) is 23.3. The fraction of sp³-hybridized carbons (Fsp3) is 0.364. The van der Waals surface area contributed by atoms with Gasteiger partial charge in [0, 0.05) is 24.5 Å². The lowest BCUT2D eigenvalue weighted by molar-refractivity contribution is -0.122. The first-order valence-corrected chi connectivity index (χ1v) is 12.7. The van der Waals surface area contributed by atoms with Crippen molar-refractivity contribution < 1.29 is 18.0 Å². The molecule has 0 aromatic heterocycles. The quantitative estimate of drug-likeness (QED) is 0.620. The number of hydrogen-bond donors (Lipinski definition) is 1. The van der Waals surface area contributed by atoms with E-state index in [2.05, 4.69) is 5.32 Å². The topological polar surface area (TPSA) is 86.8 Å². The molecule has 0 unspecified atom stereocenters. The molecule has 3 rings (SSSR count). The summed E-state index contributed by atoms with van der Waals surface area (Å²) >= 11 is 1.35. The van der Waals surface area contributed by atoms with E-state index in [1.165, 1.54) is 27.0 Å². The lowest BCUT2D eigenvalue weighted by Crippen LogP contribution is -2.43. The number of rotatable bonds is 9. The van der Waals surface area contributed by atoms with Crippen molar-refractivity contribution in [3.05, 3.63) is 54.1 Å². The molecule has 0 spiro atoms. The Bertz CT molecular complexity index is 1040. The van der Waals surface area contributed by atoms with Gasteiger partial charge in [-0.25, -0.2) is 8.42 Å². The highest BCUT2D eigenvalue weighted by Gasteiger charge is 2.29. The minimum atomic E-state index is -3.66. The molecule has 0 saturated carbocycles. The third-order valence-electron chi connectivity index (χ3n) is 5.10. The number of carbonyl (C=O) groups excluding carboxylic acids is 2. The van der Waals surface area contributed by atoms with Crippen LogP contribution in [-0.4, -0.2) is 56.5 Å². The second-order valence-corrected chi connectivity index (χ2v) is 10.0. The number of anilines is 1. The van der Waals surface area contributed by atoms with Crippen LogP contribution in [0.1, 0.15) is 19.4 Å². The highest BCUT2D eigenvalue weighted by Crippen LogP contribution is 2.37. The summed E-state index contributed by atoms with van der Waals surface area (Å²) in [5.74, 6) is -0.279. The van der Waals surface area contributed by atoms with Crippen molar-refractivity contribution in [2.24, 2.45) is 0 Å². The van der Waals surface area contributed by atoms with Crippen molar-refractivity contribution in [2.45, 2.75) is 30.1 Å². The third kappa shape index (κ3) is 5.47. The van der Waals surface area contributed by atoms with E-state index in [0.29, 0.717) is 31.7 Å². The standard InChI is InChI=1S/C22H27N3O4S2/c1-3-24(4-2)31(28,29)18-10-11-20-19(14-18)25(22(27)16-30-20)15-21(26)23-13-12-17-8-6-5-7-9-17/h5-11,14H,3-4,12-13,15-16H2,1-2H3,(H,23,26). The molecule has 0 atom stereocenters. The molecule has 31 heavy (non-hydrogen) atoms. The van der Waals surface area contributed by atoms with Gasteiger partial charge in [-0.3, -0.25) is 9.59 Å². The van der Waals surface area contributed by atoms with Gasteiger partial charge in [0.2, 0.25) is 21.8 Å². The maximum Gasteiger partial charge on any atom is 0.243 e. The van der Waals surface area contributed by atoms with Crippen LogP contribution in [0.5, 0.6) is 0 Å². The molecule has 1 aliphatic rings. The van der Waals surface area contributed by atoms with E-state index in [-0.39, 0.29) is 29.0 Å². The average molecular weight is 462 g/mol. The third-order valence-corrected chi connectivity index (χ3v) is 8.19. The van der Waals surface area contributed by atoms with E-state index in [4.69, 9.17) is 0 Å². The summed E-state index contributed by atoms with van der Waals surface area (Å²) in [5, 5.41) is 2.85. The van der Waals surface area contributed by atoms with Gasteiger partial charge in [0.15, 0.2) is 0 Å². The zero-order valence-corrected chi connectivity index (χ0v) is 19.3. The highest BCUT2D eigenvalue weighted by atomic mass is 32.2. The molecule has 9 heteroatoms. The van der Waals surface area contributed by atoms with Gasteiger partial charge >= 0.3 is 0 Å². The zero-order chi connectivity index (χ0) is 22.4. The van der Waals surface area contributed by atoms with Crippen LogP contribution < -0.4 is 10.2 Å². The van der Waals surface area contributed by atoms with E-state index in [9.17, 15) is 18.0 Å². The van der Waals surface area contributed by atoms with Gasteiger partial charge in [0.1, 0.15) is 6.54 Å². The van der Waals surface area contributed by atoms with E-state index in [0.717, 1.165) is 10.5 Å². The SMILES string of the molecule is CCN(CC)S(=O)(=O)c1ccc2c(c1)N(CC(=O)NCCc1ccccc1)C(=O)CS2. The van der Waals surface area contributed by atoms with E-state index in [1.54, 1.807) is 26.0 Å². The van der Waals surface area contributed by atoms with Crippen molar-refractivity contribution in [1.29, 1.82) is 0 Å². The van der Waals surface area contributed by atoms with E-state index < -0.39 is 10.0 Å². The molecule has 0 radical (unpaired) electrons. The normalized spacial score (nSPS) is 13.9. The number of carbonyl (C=O) groups is 2. The van der Waals surface area contributed by atoms with Gasteiger partial charge in [-0.05, 0) is 30.2 Å². The number of nitrogens with zero attached hydrogens (tertiary/aromatic N) is 2. The van der Waals surface area contributed by atoms with Gasteiger partial charge in [0.05, 0.1) is 16.3 Å². The molecule has 2 aromatic carbocycles. The molecular formula is C22H27N3O4S2. The number of hydrogen-bond acceptors (Lipinski definition) is 5. The molecule has 1 aliphatic heterocycles. The average Bonchev–Trinajstić information content (AvgIpc) is 2.77. The maximum atomic E-state index is 12.9. The molecule has 0 aliphatic carbocycles. The Kier molecular flexibility index (Phi) is 7.74. The Labute approximate surface area is 187 Å². The molecular weight excluding hydrogens is 434 g/mol. The minimum Gasteiger partial charge on any atom is -0.354 e. The second-order valence-electron chi connectivity index (χ2n) is 7.07. The Balaban J connectivity index is 1.75. The van der Waals surface area contributed by atoms with Crippen LogP contribution in [0, 0.1) is 0 Å². The number of thioether (sulfide) groups is 1. The van der Waals surface area contributed by atoms with E-state index in [1.807, 2.05) is 30.3 Å². The van der Waals surface area contributed by atoms with Gasteiger partial charge in [-0.15, -0.1) is 11.8 Å². The molecule has 1 N–H and O–H groups in total. The van der Waals surface area contributed by atoms with Crippen molar-refractivity contribution >= 4 is 39.3 Å². The fourth-order valence-electron chi connectivity index (χ4n) is 3.42. The molecule has 2 aromatic rings. The molecule has 166 valence electrons. The van der Waals surface area contributed by atoms with Crippen molar-refractivity contribution in [3.63, 3.8) is 0 Å². The smallest absolute Gasteiger partial charge is 0.243 e. The van der Waals surface area contributed by atoms with Crippen LogP contribution in [0.4, 0.5) is 5.69 Å². The van der Waals surface area contributed by atoms with Crippen LogP contribution in [-0.2, 0) is 26.0 Å². The van der Waals surface area contributed by atoms with Gasteiger partial charge in [-0.1, -0.05) is 44.2 Å². The summed E-state index contributed by atoms with van der Waals surface area (Å²) in [6.07, 6.45) is 0.694. The van der Waals surface area contributed by atoms with Crippen LogP contribution in [0.2, 0.25) is 0 Å². The fourth-order valence-corrected chi connectivity index (χ4v) is 5.81. The molecule has 2 amide bonds. The number of benzene rings is 2. The summed E-state index contributed by atoms with van der Waals surface area (Å²) in [4.78, 5) is 27.4. The molecule has 7 nitrogen and oxygen atoms in total. The van der Waals surface area contributed by atoms with Crippen molar-refractivity contribution in [3.8, 4) is 0 Å². The predicted molar refractivity (Wildman–Crippen MR) is 123 cm³/mol. The summed E-state index contributed by atoms with van der Waals surface area (Å²) in [6, 6.07) is 14.6. The summed E-state index contributed by atoms with van der Waals surface area (Å²) < 4.78 is 27.2. The predicted octanol–water partition coefficient (Wildman–Crippen LogP) is 2.51. The summed E-state index contributed by atoms with van der Waals surface area (Å²) in [6.45, 7) is 4.60.